The van der Waals surface area contributed by atoms with Crippen LogP contribution in [0.15, 0.2) is 18.2 Å². The van der Waals surface area contributed by atoms with Crippen molar-refractivity contribution in [2.75, 3.05) is 20.3 Å². The summed E-state index contributed by atoms with van der Waals surface area (Å²) >= 11 is 0. The second-order valence-corrected chi connectivity index (χ2v) is 6.86. The highest BCUT2D eigenvalue weighted by Gasteiger charge is 2.21. The minimum Gasteiger partial charge on any atom is -0.486 e. The predicted molar refractivity (Wildman–Crippen MR) is 99.6 cm³/mol. The van der Waals surface area contributed by atoms with Crippen molar-refractivity contribution >= 4 is 5.91 Å². The molecule has 6 heteroatoms. The molecular formula is C20H27N3O3. The fourth-order valence-electron chi connectivity index (χ4n) is 3.35. The van der Waals surface area contributed by atoms with E-state index in [4.69, 9.17) is 9.47 Å². The maximum atomic E-state index is 12.7. The van der Waals surface area contributed by atoms with E-state index >= 15 is 0 Å². The summed E-state index contributed by atoms with van der Waals surface area (Å²) in [6.45, 7) is 7.20. The summed E-state index contributed by atoms with van der Waals surface area (Å²) in [5.41, 5.74) is 4.33. The van der Waals surface area contributed by atoms with Crippen molar-refractivity contribution in [1.82, 2.24) is 14.7 Å². The van der Waals surface area contributed by atoms with E-state index in [0.717, 1.165) is 28.5 Å². The van der Waals surface area contributed by atoms with E-state index in [-0.39, 0.29) is 11.9 Å². The number of benzene rings is 1. The van der Waals surface area contributed by atoms with E-state index in [9.17, 15) is 4.79 Å². The molecule has 1 atom stereocenters. The molecule has 0 saturated carbocycles. The summed E-state index contributed by atoms with van der Waals surface area (Å²) in [6.07, 6.45) is 1.18. The predicted octanol–water partition coefficient (Wildman–Crippen LogP) is 2.96. The molecule has 0 radical (unpaired) electrons. The molecule has 3 rings (SSSR count). The molecule has 0 bridgehead atoms. The fourth-order valence-corrected chi connectivity index (χ4v) is 3.35. The number of amides is 1. The standard InChI is InChI=1S/C20H27N3O3/c1-13-17(15(3)23(5)21-13)7-9-20(24)22(4)14(2)16-6-8-18-19(12-16)26-11-10-25-18/h6,8,12,14H,7,9-11H2,1-5H3/t14-/m1/s1. The maximum absolute atomic E-state index is 12.7. The summed E-state index contributed by atoms with van der Waals surface area (Å²) in [5, 5.41) is 4.42. The Labute approximate surface area is 154 Å². The highest BCUT2D eigenvalue weighted by molar-refractivity contribution is 5.76. The summed E-state index contributed by atoms with van der Waals surface area (Å²) in [4.78, 5) is 14.5. The van der Waals surface area contributed by atoms with E-state index < -0.39 is 0 Å². The smallest absolute Gasteiger partial charge is 0.223 e. The van der Waals surface area contributed by atoms with Gasteiger partial charge in [0.25, 0.3) is 0 Å². The van der Waals surface area contributed by atoms with Gasteiger partial charge in [0.15, 0.2) is 11.5 Å². The first-order chi connectivity index (χ1) is 12.4. The first-order valence-corrected chi connectivity index (χ1v) is 9.02. The van der Waals surface area contributed by atoms with Crippen LogP contribution < -0.4 is 9.47 Å². The molecule has 1 aliphatic heterocycles. The number of aromatic nitrogens is 2. The van der Waals surface area contributed by atoms with Gasteiger partial charge in [-0.05, 0) is 50.5 Å². The first kappa shape index (κ1) is 18.3. The van der Waals surface area contributed by atoms with Gasteiger partial charge in [0.2, 0.25) is 5.91 Å². The Kier molecular flexibility index (Phi) is 5.20. The van der Waals surface area contributed by atoms with E-state index in [2.05, 4.69) is 5.10 Å². The zero-order valence-electron chi connectivity index (χ0n) is 16.2. The normalized spacial score (nSPS) is 14.2. The van der Waals surface area contributed by atoms with Crippen LogP contribution in [0.2, 0.25) is 0 Å². The van der Waals surface area contributed by atoms with Crippen molar-refractivity contribution in [3.8, 4) is 11.5 Å². The fraction of sp³-hybridized carbons (Fsp3) is 0.500. The van der Waals surface area contributed by atoms with Gasteiger partial charge in [0, 0.05) is 26.2 Å². The van der Waals surface area contributed by atoms with Gasteiger partial charge in [0.05, 0.1) is 11.7 Å². The van der Waals surface area contributed by atoms with E-state index in [1.54, 1.807) is 4.90 Å². The molecule has 0 saturated heterocycles. The Morgan fingerprint density at radius 3 is 2.62 bits per heavy atom. The van der Waals surface area contributed by atoms with Crippen LogP contribution in [0.4, 0.5) is 0 Å². The van der Waals surface area contributed by atoms with Gasteiger partial charge in [-0.3, -0.25) is 9.48 Å². The summed E-state index contributed by atoms with van der Waals surface area (Å²) in [5.74, 6) is 1.64. The van der Waals surface area contributed by atoms with Crippen LogP contribution in [0.3, 0.4) is 0 Å². The third kappa shape index (κ3) is 3.54. The van der Waals surface area contributed by atoms with Crippen LogP contribution in [0.1, 0.15) is 41.9 Å². The quantitative estimate of drug-likeness (QED) is 0.825. The Hall–Kier alpha value is -2.50. The highest BCUT2D eigenvalue weighted by Crippen LogP contribution is 2.33. The Balaban J connectivity index is 1.66. The van der Waals surface area contributed by atoms with E-state index in [0.29, 0.717) is 26.1 Å². The Morgan fingerprint density at radius 2 is 1.96 bits per heavy atom. The van der Waals surface area contributed by atoms with Crippen LogP contribution in [0.5, 0.6) is 11.5 Å². The van der Waals surface area contributed by atoms with Crippen molar-refractivity contribution in [3.63, 3.8) is 0 Å². The van der Waals surface area contributed by atoms with Gasteiger partial charge < -0.3 is 14.4 Å². The molecule has 0 N–H and O–H groups in total. The second-order valence-electron chi connectivity index (χ2n) is 6.86. The number of rotatable bonds is 5. The molecule has 1 amide bonds. The molecule has 2 aromatic rings. The third-order valence-electron chi connectivity index (χ3n) is 5.27. The molecule has 0 aliphatic carbocycles. The van der Waals surface area contributed by atoms with Crippen LogP contribution in [-0.2, 0) is 18.3 Å². The number of aryl methyl sites for hydroxylation is 2. The molecule has 0 spiro atoms. The lowest BCUT2D eigenvalue weighted by atomic mass is 10.0. The van der Waals surface area contributed by atoms with Crippen LogP contribution >= 0.6 is 0 Å². The number of carbonyl (C=O) groups is 1. The van der Waals surface area contributed by atoms with Crippen molar-refractivity contribution in [1.29, 1.82) is 0 Å². The zero-order chi connectivity index (χ0) is 18.8. The van der Waals surface area contributed by atoms with Crippen molar-refractivity contribution in [3.05, 3.63) is 40.7 Å². The molecule has 26 heavy (non-hydrogen) atoms. The second kappa shape index (κ2) is 7.40. The molecule has 1 aliphatic rings. The maximum Gasteiger partial charge on any atom is 0.223 e. The van der Waals surface area contributed by atoms with Crippen molar-refractivity contribution < 1.29 is 14.3 Å². The number of ether oxygens (including phenoxy) is 2. The van der Waals surface area contributed by atoms with Crippen LogP contribution in [0.25, 0.3) is 0 Å². The minimum absolute atomic E-state index is 0.0329. The average Bonchev–Trinajstić information content (AvgIpc) is 2.89. The number of fused-ring (bicyclic) bond motifs is 1. The zero-order valence-corrected chi connectivity index (χ0v) is 16.2. The molecule has 2 heterocycles. The third-order valence-corrected chi connectivity index (χ3v) is 5.27. The van der Waals surface area contributed by atoms with E-state index in [1.165, 1.54) is 5.56 Å². The highest BCUT2D eigenvalue weighted by atomic mass is 16.6. The van der Waals surface area contributed by atoms with Crippen molar-refractivity contribution in [2.24, 2.45) is 7.05 Å². The summed E-state index contributed by atoms with van der Waals surface area (Å²) in [6, 6.07) is 5.85. The molecule has 0 fully saturated rings. The Morgan fingerprint density at radius 1 is 1.27 bits per heavy atom. The van der Waals surface area contributed by atoms with Gasteiger partial charge in [-0.25, -0.2) is 0 Å². The van der Waals surface area contributed by atoms with E-state index in [1.807, 2.05) is 57.7 Å². The van der Waals surface area contributed by atoms with Crippen LogP contribution in [-0.4, -0.2) is 40.8 Å². The largest absolute Gasteiger partial charge is 0.486 e. The van der Waals surface area contributed by atoms with Gasteiger partial charge in [-0.1, -0.05) is 6.07 Å². The molecule has 140 valence electrons. The van der Waals surface area contributed by atoms with Gasteiger partial charge in [0.1, 0.15) is 13.2 Å². The van der Waals surface area contributed by atoms with Gasteiger partial charge in [-0.15, -0.1) is 0 Å². The molecular weight excluding hydrogens is 330 g/mol. The summed E-state index contributed by atoms with van der Waals surface area (Å²) in [7, 11) is 3.79. The average molecular weight is 357 g/mol. The number of carbonyl (C=O) groups excluding carboxylic acids is 1. The topological polar surface area (TPSA) is 56.6 Å². The SMILES string of the molecule is Cc1nn(C)c(C)c1CCC(=O)N(C)[C@H](C)c1ccc2c(c1)OCCO2. The number of hydrogen-bond donors (Lipinski definition) is 0. The molecule has 1 aromatic heterocycles. The van der Waals surface area contributed by atoms with Crippen molar-refractivity contribution in [2.45, 2.75) is 39.7 Å². The van der Waals surface area contributed by atoms with Crippen LogP contribution in [0, 0.1) is 13.8 Å². The lowest BCUT2D eigenvalue weighted by Crippen LogP contribution is -2.30. The number of hydrogen-bond acceptors (Lipinski definition) is 4. The Bertz CT molecular complexity index is 813. The lowest BCUT2D eigenvalue weighted by Gasteiger charge is -2.27. The number of nitrogens with zero attached hydrogens (tertiary/aromatic N) is 3. The summed E-state index contributed by atoms with van der Waals surface area (Å²) < 4.78 is 13.1. The van der Waals surface area contributed by atoms with Gasteiger partial charge >= 0.3 is 0 Å². The molecule has 6 nitrogen and oxygen atoms in total. The monoisotopic (exact) mass is 357 g/mol. The molecule has 0 unspecified atom stereocenters. The first-order valence-electron chi connectivity index (χ1n) is 9.02. The molecule has 1 aromatic carbocycles. The lowest BCUT2D eigenvalue weighted by molar-refractivity contribution is -0.131. The minimum atomic E-state index is -0.0329. The van der Waals surface area contributed by atoms with Gasteiger partial charge in [-0.2, -0.15) is 5.10 Å².